The summed E-state index contributed by atoms with van der Waals surface area (Å²) >= 11 is 0. The van der Waals surface area contributed by atoms with E-state index in [1.54, 1.807) is 4.90 Å². The van der Waals surface area contributed by atoms with E-state index in [1.807, 2.05) is 6.92 Å². The molecule has 0 bridgehead atoms. The van der Waals surface area contributed by atoms with Gasteiger partial charge in [0, 0.05) is 6.54 Å². The topological polar surface area (TPSA) is 104 Å². The zero-order valence-electron chi connectivity index (χ0n) is 9.59. The molecule has 17 heavy (non-hydrogen) atoms. The van der Waals surface area contributed by atoms with Crippen molar-refractivity contribution in [2.24, 2.45) is 0 Å². The second kappa shape index (κ2) is 4.72. The lowest BCUT2D eigenvalue weighted by Gasteiger charge is -2.37. The number of aromatic amines is 1. The summed E-state index contributed by atoms with van der Waals surface area (Å²) in [7, 11) is 0. The molecular formula is C10H16N4O3. The number of ether oxygens (including phenoxy) is 1. The van der Waals surface area contributed by atoms with E-state index in [9.17, 15) is 4.79 Å². The van der Waals surface area contributed by atoms with Gasteiger partial charge in [0.25, 0.3) is 5.91 Å². The number of carbonyl (C=O) groups excluding carboxylic acids is 1. The SMILES string of the molecule is CC1COC(CO)CN1C(=O)c1[nH]ncc1N. The van der Waals surface area contributed by atoms with Crippen LogP contribution in [0.25, 0.3) is 0 Å². The summed E-state index contributed by atoms with van der Waals surface area (Å²) in [6.07, 6.45) is 1.07. The zero-order chi connectivity index (χ0) is 12.4. The van der Waals surface area contributed by atoms with Crippen molar-refractivity contribution in [3.8, 4) is 0 Å². The van der Waals surface area contributed by atoms with E-state index >= 15 is 0 Å². The van der Waals surface area contributed by atoms with E-state index in [4.69, 9.17) is 15.6 Å². The largest absolute Gasteiger partial charge is 0.396 e. The first-order valence-corrected chi connectivity index (χ1v) is 5.45. The van der Waals surface area contributed by atoms with Crippen LogP contribution in [0.4, 0.5) is 5.69 Å². The zero-order valence-corrected chi connectivity index (χ0v) is 9.59. The number of amides is 1. The van der Waals surface area contributed by atoms with E-state index < -0.39 is 0 Å². The second-order valence-electron chi connectivity index (χ2n) is 4.14. The number of H-pyrrole nitrogens is 1. The molecule has 94 valence electrons. The Morgan fingerprint density at radius 1 is 1.82 bits per heavy atom. The minimum Gasteiger partial charge on any atom is -0.396 e. The van der Waals surface area contributed by atoms with Crippen LogP contribution in [0.3, 0.4) is 0 Å². The summed E-state index contributed by atoms with van der Waals surface area (Å²) in [5.41, 5.74) is 6.25. The van der Waals surface area contributed by atoms with Crippen LogP contribution in [0.2, 0.25) is 0 Å². The minimum atomic E-state index is -0.334. The molecule has 1 aliphatic heterocycles. The quantitative estimate of drug-likeness (QED) is 0.628. The van der Waals surface area contributed by atoms with Crippen molar-refractivity contribution in [3.05, 3.63) is 11.9 Å². The Balaban J connectivity index is 2.15. The first kappa shape index (κ1) is 11.9. The van der Waals surface area contributed by atoms with Crippen LogP contribution in [0.1, 0.15) is 17.4 Å². The normalized spacial score (nSPS) is 24.9. The third-order valence-corrected chi connectivity index (χ3v) is 2.85. The number of aliphatic hydroxyl groups excluding tert-OH is 1. The number of morpholine rings is 1. The van der Waals surface area contributed by atoms with Crippen LogP contribution in [0.15, 0.2) is 6.20 Å². The Morgan fingerprint density at radius 3 is 3.18 bits per heavy atom. The summed E-state index contributed by atoms with van der Waals surface area (Å²) < 4.78 is 5.37. The van der Waals surface area contributed by atoms with E-state index in [1.165, 1.54) is 6.20 Å². The third-order valence-electron chi connectivity index (χ3n) is 2.85. The molecule has 2 atom stereocenters. The van der Waals surface area contributed by atoms with Gasteiger partial charge in [0.05, 0.1) is 37.2 Å². The molecule has 1 amide bonds. The van der Waals surface area contributed by atoms with Crippen LogP contribution < -0.4 is 5.73 Å². The van der Waals surface area contributed by atoms with Gasteiger partial charge < -0.3 is 20.5 Å². The molecule has 1 aromatic heterocycles. The summed E-state index contributed by atoms with van der Waals surface area (Å²) in [5, 5.41) is 15.4. The number of aromatic nitrogens is 2. The number of nitrogens with one attached hydrogen (secondary N) is 1. The van der Waals surface area contributed by atoms with Crippen LogP contribution in [0.5, 0.6) is 0 Å². The number of anilines is 1. The van der Waals surface area contributed by atoms with Crippen molar-refractivity contribution in [2.75, 3.05) is 25.5 Å². The summed E-state index contributed by atoms with van der Waals surface area (Å²) in [6.45, 7) is 2.55. The lowest BCUT2D eigenvalue weighted by Crippen LogP contribution is -2.52. The van der Waals surface area contributed by atoms with Gasteiger partial charge in [0.15, 0.2) is 0 Å². The smallest absolute Gasteiger partial charge is 0.274 e. The predicted octanol–water partition coefficient (Wildman–Crippen LogP) is -0.786. The molecule has 1 aliphatic rings. The van der Waals surface area contributed by atoms with E-state index in [0.29, 0.717) is 18.8 Å². The monoisotopic (exact) mass is 240 g/mol. The number of hydrogen-bond acceptors (Lipinski definition) is 5. The van der Waals surface area contributed by atoms with E-state index in [2.05, 4.69) is 10.2 Å². The Kier molecular flexibility index (Phi) is 3.30. The Labute approximate surface area is 98.5 Å². The average molecular weight is 240 g/mol. The standard InChI is InChI=1S/C10H16N4O3/c1-6-5-17-7(4-15)3-14(6)10(16)9-8(11)2-12-13-9/h2,6-7,15H,3-5,11H2,1H3,(H,12,13). The van der Waals surface area contributed by atoms with Crippen molar-refractivity contribution >= 4 is 11.6 Å². The highest BCUT2D eigenvalue weighted by atomic mass is 16.5. The fourth-order valence-electron chi connectivity index (χ4n) is 1.82. The van der Waals surface area contributed by atoms with Crippen LogP contribution in [0, 0.1) is 0 Å². The highest BCUT2D eigenvalue weighted by molar-refractivity contribution is 5.97. The Morgan fingerprint density at radius 2 is 2.59 bits per heavy atom. The van der Waals surface area contributed by atoms with Crippen molar-refractivity contribution in [1.82, 2.24) is 15.1 Å². The maximum absolute atomic E-state index is 12.2. The van der Waals surface area contributed by atoms with Crippen molar-refractivity contribution in [3.63, 3.8) is 0 Å². The number of aliphatic hydroxyl groups is 1. The number of hydrogen-bond donors (Lipinski definition) is 3. The molecule has 2 rings (SSSR count). The first-order valence-electron chi connectivity index (χ1n) is 5.45. The fraction of sp³-hybridized carbons (Fsp3) is 0.600. The molecule has 0 saturated carbocycles. The van der Waals surface area contributed by atoms with Gasteiger partial charge in [-0.1, -0.05) is 0 Å². The third kappa shape index (κ3) is 2.25. The molecule has 1 aromatic rings. The van der Waals surface area contributed by atoms with Crippen molar-refractivity contribution in [1.29, 1.82) is 0 Å². The number of nitrogen functional groups attached to an aromatic ring is 1. The molecule has 0 radical (unpaired) electrons. The number of nitrogens with two attached hydrogens (primary N) is 1. The van der Waals surface area contributed by atoms with Crippen LogP contribution in [-0.2, 0) is 4.74 Å². The lowest BCUT2D eigenvalue weighted by molar-refractivity contribution is -0.0668. The van der Waals surface area contributed by atoms with Crippen molar-refractivity contribution < 1.29 is 14.6 Å². The van der Waals surface area contributed by atoms with Gasteiger partial charge in [-0.3, -0.25) is 9.89 Å². The first-order chi connectivity index (χ1) is 8.13. The van der Waals surface area contributed by atoms with Crippen LogP contribution >= 0.6 is 0 Å². The average Bonchev–Trinajstić information content (AvgIpc) is 2.75. The molecule has 0 spiro atoms. The van der Waals surface area contributed by atoms with Crippen molar-refractivity contribution in [2.45, 2.75) is 19.1 Å². The second-order valence-corrected chi connectivity index (χ2v) is 4.14. The highest BCUT2D eigenvalue weighted by Crippen LogP contribution is 2.17. The number of nitrogens with zero attached hydrogens (tertiary/aromatic N) is 2. The van der Waals surface area contributed by atoms with Gasteiger partial charge in [-0.15, -0.1) is 0 Å². The molecular weight excluding hydrogens is 224 g/mol. The number of rotatable bonds is 2. The molecule has 2 unspecified atom stereocenters. The summed E-state index contributed by atoms with van der Waals surface area (Å²) in [6, 6.07) is -0.0481. The number of carbonyl (C=O) groups is 1. The highest BCUT2D eigenvalue weighted by Gasteiger charge is 2.31. The minimum absolute atomic E-state index is 0.0481. The van der Waals surface area contributed by atoms with Gasteiger partial charge in [-0.05, 0) is 6.92 Å². The Hall–Kier alpha value is -1.60. The molecule has 4 N–H and O–H groups in total. The fourth-order valence-corrected chi connectivity index (χ4v) is 1.82. The van der Waals surface area contributed by atoms with Gasteiger partial charge in [0.1, 0.15) is 5.69 Å². The van der Waals surface area contributed by atoms with E-state index in [0.717, 1.165) is 0 Å². The maximum Gasteiger partial charge on any atom is 0.274 e. The molecule has 0 aliphatic carbocycles. The molecule has 1 saturated heterocycles. The molecule has 7 heteroatoms. The Bertz CT molecular complexity index is 406. The summed E-state index contributed by atoms with van der Waals surface area (Å²) in [5.74, 6) is -0.214. The molecule has 0 aromatic carbocycles. The maximum atomic E-state index is 12.2. The van der Waals surface area contributed by atoms with Gasteiger partial charge >= 0.3 is 0 Å². The predicted molar refractivity (Wildman–Crippen MR) is 60.3 cm³/mol. The van der Waals surface area contributed by atoms with Gasteiger partial charge in [-0.2, -0.15) is 5.10 Å². The molecule has 2 heterocycles. The lowest BCUT2D eigenvalue weighted by atomic mass is 10.2. The van der Waals surface area contributed by atoms with E-state index in [-0.39, 0.29) is 30.4 Å². The van der Waals surface area contributed by atoms with Gasteiger partial charge in [0.2, 0.25) is 0 Å². The molecule has 1 fully saturated rings. The summed E-state index contributed by atoms with van der Waals surface area (Å²) in [4.78, 5) is 13.8. The van der Waals surface area contributed by atoms with Gasteiger partial charge in [-0.25, -0.2) is 0 Å². The molecule has 7 nitrogen and oxygen atoms in total. The van der Waals surface area contributed by atoms with Crippen LogP contribution in [-0.4, -0.2) is 58.0 Å².